The molecule has 138 valence electrons. The maximum Gasteiger partial charge on any atom is 0.261 e. The summed E-state index contributed by atoms with van der Waals surface area (Å²) in [5.74, 6) is 0.908. The molecule has 1 fully saturated rings. The number of amides is 1. The lowest BCUT2D eigenvalue weighted by atomic mass is 9.92. The van der Waals surface area contributed by atoms with Gasteiger partial charge in [0, 0.05) is 6.04 Å². The fourth-order valence-electron chi connectivity index (χ4n) is 4.16. The molecule has 0 saturated heterocycles. The largest absolute Gasteiger partial charge is 0.481 e. The lowest BCUT2D eigenvalue weighted by Gasteiger charge is -2.25. The van der Waals surface area contributed by atoms with Crippen LogP contribution in [-0.2, 0) is 17.6 Å². The number of rotatable bonds is 5. The molecular weight excluding hydrogens is 310 g/mol. The summed E-state index contributed by atoms with van der Waals surface area (Å²) >= 11 is 0. The number of hydrogen-bond donors (Lipinski definition) is 1. The summed E-state index contributed by atoms with van der Waals surface area (Å²) in [7, 11) is 0. The van der Waals surface area contributed by atoms with Gasteiger partial charge < -0.3 is 10.1 Å². The van der Waals surface area contributed by atoms with Gasteiger partial charge in [-0.1, -0.05) is 45.1 Å². The van der Waals surface area contributed by atoms with Crippen LogP contribution >= 0.6 is 0 Å². The smallest absolute Gasteiger partial charge is 0.261 e. The van der Waals surface area contributed by atoms with Gasteiger partial charge in [-0.15, -0.1) is 0 Å². The molecule has 25 heavy (non-hydrogen) atoms. The van der Waals surface area contributed by atoms with E-state index in [9.17, 15) is 4.79 Å². The number of benzene rings is 1. The van der Waals surface area contributed by atoms with E-state index in [1.54, 1.807) is 0 Å². The topological polar surface area (TPSA) is 38.3 Å². The summed E-state index contributed by atoms with van der Waals surface area (Å²) in [4.78, 5) is 12.7. The van der Waals surface area contributed by atoms with Crippen LogP contribution in [0, 0.1) is 0 Å². The van der Waals surface area contributed by atoms with Crippen molar-refractivity contribution in [1.29, 1.82) is 0 Å². The van der Waals surface area contributed by atoms with Gasteiger partial charge in [0.05, 0.1) is 0 Å². The summed E-state index contributed by atoms with van der Waals surface area (Å²) < 4.78 is 6.08. The maximum atomic E-state index is 12.7. The Labute approximate surface area is 152 Å². The first-order valence-corrected chi connectivity index (χ1v) is 10.3. The number of nitrogens with one attached hydrogen (secondary N) is 1. The van der Waals surface area contributed by atoms with Gasteiger partial charge in [0.2, 0.25) is 0 Å². The van der Waals surface area contributed by atoms with Crippen molar-refractivity contribution in [3.63, 3.8) is 0 Å². The third kappa shape index (κ3) is 5.23. The number of carbonyl (C=O) groups is 1. The number of ether oxygens (including phenoxy) is 1. The van der Waals surface area contributed by atoms with E-state index in [1.807, 2.05) is 13.0 Å². The summed E-state index contributed by atoms with van der Waals surface area (Å²) in [6, 6.07) is 6.70. The highest BCUT2D eigenvalue weighted by atomic mass is 16.5. The molecule has 1 saturated carbocycles. The van der Waals surface area contributed by atoms with E-state index in [0.29, 0.717) is 12.5 Å². The third-order valence-corrected chi connectivity index (χ3v) is 5.71. The molecule has 2 aliphatic carbocycles. The molecule has 1 aromatic carbocycles. The van der Waals surface area contributed by atoms with Gasteiger partial charge in [0.1, 0.15) is 5.75 Å². The first kappa shape index (κ1) is 18.3. The highest BCUT2D eigenvalue weighted by Gasteiger charge is 2.22. The molecule has 1 N–H and O–H groups in total. The lowest BCUT2D eigenvalue weighted by molar-refractivity contribution is -0.129. The van der Waals surface area contributed by atoms with Gasteiger partial charge in [-0.2, -0.15) is 0 Å². The van der Waals surface area contributed by atoms with Gasteiger partial charge in [-0.05, 0) is 68.2 Å². The molecule has 0 spiro atoms. The van der Waals surface area contributed by atoms with Crippen LogP contribution in [0.2, 0.25) is 0 Å². The van der Waals surface area contributed by atoms with Crippen molar-refractivity contribution in [3.05, 3.63) is 29.3 Å². The van der Waals surface area contributed by atoms with Crippen LogP contribution in [0.4, 0.5) is 0 Å². The Hall–Kier alpha value is -1.51. The van der Waals surface area contributed by atoms with E-state index >= 15 is 0 Å². The van der Waals surface area contributed by atoms with Crippen LogP contribution in [0.5, 0.6) is 5.75 Å². The van der Waals surface area contributed by atoms with Crippen molar-refractivity contribution in [2.24, 2.45) is 0 Å². The Morgan fingerprint density at radius 2 is 1.72 bits per heavy atom. The van der Waals surface area contributed by atoms with E-state index < -0.39 is 0 Å². The van der Waals surface area contributed by atoms with Gasteiger partial charge in [0.15, 0.2) is 6.10 Å². The van der Waals surface area contributed by atoms with Crippen molar-refractivity contribution >= 4 is 5.91 Å². The molecule has 0 aliphatic heterocycles. The third-order valence-electron chi connectivity index (χ3n) is 5.71. The Bertz CT molecular complexity index is 561. The van der Waals surface area contributed by atoms with Gasteiger partial charge in [-0.3, -0.25) is 4.79 Å². The highest BCUT2D eigenvalue weighted by molar-refractivity contribution is 5.81. The Kier molecular flexibility index (Phi) is 6.77. The summed E-state index contributed by atoms with van der Waals surface area (Å²) in [5, 5.41) is 3.26. The predicted octanol–water partition coefficient (Wildman–Crippen LogP) is 4.95. The zero-order chi connectivity index (χ0) is 17.5. The van der Waals surface area contributed by atoms with Crippen LogP contribution in [0.25, 0.3) is 0 Å². The normalized spacial score (nSPS) is 20.0. The molecule has 0 heterocycles. The van der Waals surface area contributed by atoms with Crippen molar-refractivity contribution in [3.8, 4) is 5.75 Å². The molecule has 0 aromatic heterocycles. The quantitative estimate of drug-likeness (QED) is 0.821. The predicted molar refractivity (Wildman–Crippen MR) is 102 cm³/mol. The van der Waals surface area contributed by atoms with Crippen LogP contribution < -0.4 is 10.1 Å². The second-order valence-corrected chi connectivity index (χ2v) is 7.70. The van der Waals surface area contributed by atoms with E-state index in [0.717, 1.165) is 25.0 Å². The second kappa shape index (κ2) is 9.26. The van der Waals surface area contributed by atoms with Gasteiger partial charge in [0.25, 0.3) is 5.91 Å². The van der Waals surface area contributed by atoms with Crippen LogP contribution in [0.15, 0.2) is 18.2 Å². The molecular formula is C22H33NO2. The van der Waals surface area contributed by atoms with Crippen LogP contribution in [0.3, 0.4) is 0 Å². The SMILES string of the molecule is CC[C@H](Oc1ccc2c(c1)CCCC2)C(=O)NC1CCCCCCC1. The Balaban J connectivity index is 1.58. The number of aryl methyl sites for hydroxylation is 2. The van der Waals surface area contributed by atoms with Crippen molar-refractivity contribution in [2.75, 3.05) is 0 Å². The zero-order valence-corrected chi connectivity index (χ0v) is 15.7. The fourth-order valence-corrected chi connectivity index (χ4v) is 4.16. The molecule has 3 nitrogen and oxygen atoms in total. The van der Waals surface area contributed by atoms with E-state index in [-0.39, 0.29) is 12.0 Å². The first-order valence-electron chi connectivity index (χ1n) is 10.3. The molecule has 1 atom stereocenters. The minimum Gasteiger partial charge on any atom is -0.481 e. The standard InChI is InChI=1S/C22H33NO2/c1-2-21(22(24)23-19-12-6-4-3-5-7-13-19)25-20-15-14-17-10-8-9-11-18(17)16-20/h14-16,19,21H,2-13H2,1H3,(H,23,24)/t21-/m0/s1. The summed E-state index contributed by atoms with van der Waals surface area (Å²) in [6.45, 7) is 2.03. The minimum absolute atomic E-state index is 0.0609. The summed E-state index contributed by atoms with van der Waals surface area (Å²) in [5.41, 5.74) is 2.85. The average molecular weight is 344 g/mol. The van der Waals surface area contributed by atoms with E-state index in [2.05, 4.69) is 17.4 Å². The van der Waals surface area contributed by atoms with E-state index in [4.69, 9.17) is 4.74 Å². The Morgan fingerprint density at radius 1 is 1.04 bits per heavy atom. The lowest BCUT2D eigenvalue weighted by Crippen LogP contribution is -2.43. The molecule has 0 unspecified atom stereocenters. The molecule has 2 aliphatic rings. The monoisotopic (exact) mass is 343 g/mol. The van der Waals surface area contributed by atoms with E-state index in [1.165, 1.54) is 62.5 Å². The van der Waals surface area contributed by atoms with Crippen molar-refractivity contribution in [1.82, 2.24) is 5.32 Å². The minimum atomic E-state index is -0.382. The zero-order valence-electron chi connectivity index (χ0n) is 15.7. The van der Waals surface area contributed by atoms with Crippen LogP contribution in [-0.4, -0.2) is 18.1 Å². The highest BCUT2D eigenvalue weighted by Crippen LogP contribution is 2.26. The van der Waals surface area contributed by atoms with Crippen LogP contribution in [0.1, 0.15) is 82.3 Å². The molecule has 1 amide bonds. The number of fused-ring (bicyclic) bond motifs is 1. The Morgan fingerprint density at radius 3 is 2.44 bits per heavy atom. The number of hydrogen-bond acceptors (Lipinski definition) is 2. The van der Waals surface area contributed by atoms with Crippen molar-refractivity contribution < 1.29 is 9.53 Å². The molecule has 0 radical (unpaired) electrons. The first-order chi connectivity index (χ1) is 12.3. The number of carbonyl (C=O) groups excluding carboxylic acids is 1. The van der Waals surface area contributed by atoms with Crippen molar-refractivity contribution in [2.45, 2.75) is 96.1 Å². The maximum absolute atomic E-state index is 12.7. The molecule has 1 aromatic rings. The fraction of sp³-hybridized carbons (Fsp3) is 0.682. The second-order valence-electron chi connectivity index (χ2n) is 7.70. The summed E-state index contributed by atoms with van der Waals surface area (Å²) in [6.07, 6.45) is 13.8. The molecule has 0 bridgehead atoms. The molecule has 3 heteroatoms. The van der Waals surface area contributed by atoms with Gasteiger partial charge in [-0.25, -0.2) is 0 Å². The average Bonchev–Trinajstić information content (AvgIpc) is 2.61. The molecule has 3 rings (SSSR count). The van der Waals surface area contributed by atoms with Gasteiger partial charge >= 0.3 is 0 Å².